The van der Waals surface area contributed by atoms with Crippen LogP contribution < -0.4 is 10.6 Å². The molecule has 1 saturated heterocycles. The molecule has 2 aliphatic heterocycles. The lowest BCUT2D eigenvalue weighted by Crippen LogP contribution is -2.52. The van der Waals surface area contributed by atoms with Crippen molar-refractivity contribution in [3.05, 3.63) is 59.8 Å². The van der Waals surface area contributed by atoms with Gasteiger partial charge >= 0.3 is 0 Å². The first-order valence-electron chi connectivity index (χ1n) is 11.0. The van der Waals surface area contributed by atoms with Crippen molar-refractivity contribution in [2.75, 3.05) is 5.32 Å². The Balaban J connectivity index is 1.39. The summed E-state index contributed by atoms with van der Waals surface area (Å²) in [6, 6.07) is 12.4. The molecule has 4 amide bonds. The minimum atomic E-state index is -0.636. The third-order valence-electron chi connectivity index (χ3n) is 6.16. The quantitative estimate of drug-likeness (QED) is 0.585. The summed E-state index contributed by atoms with van der Waals surface area (Å²) in [5, 5.41) is 5.07. The first-order chi connectivity index (χ1) is 16.3. The van der Waals surface area contributed by atoms with Gasteiger partial charge in [-0.1, -0.05) is 6.07 Å². The van der Waals surface area contributed by atoms with Crippen LogP contribution in [0.3, 0.4) is 0 Å². The standard InChI is InChI=1S/C25H23N5O4/c1-14(31)26-18-6-3-15(4-7-18)23-27-20(13-29(23)2)16-5-8-19-17(11-16)12-30(25(19)34)21-9-10-22(32)28-24(21)33/h3-8,11,13,21H,9-10,12H2,1-2H3,(H,26,31)(H,28,32,33). The predicted octanol–water partition coefficient (Wildman–Crippen LogP) is 2.47. The van der Waals surface area contributed by atoms with Gasteiger partial charge in [0.15, 0.2) is 0 Å². The van der Waals surface area contributed by atoms with E-state index in [0.29, 0.717) is 18.5 Å². The minimum Gasteiger partial charge on any atom is -0.333 e. The Kier molecular flexibility index (Phi) is 5.24. The van der Waals surface area contributed by atoms with Gasteiger partial charge in [-0.3, -0.25) is 24.5 Å². The van der Waals surface area contributed by atoms with Crippen molar-refractivity contribution in [3.63, 3.8) is 0 Å². The van der Waals surface area contributed by atoms with Crippen LogP contribution in [0.15, 0.2) is 48.7 Å². The van der Waals surface area contributed by atoms with Gasteiger partial charge in [0.25, 0.3) is 5.91 Å². The molecule has 1 aromatic heterocycles. The molecular formula is C25H23N5O4. The molecule has 1 unspecified atom stereocenters. The molecule has 2 aromatic carbocycles. The maximum Gasteiger partial charge on any atom is 0.255 e. The van der Waals surface area contributed by atoms with E-state index in [4.69, 9.17) is 4.98 Å². The average Bonchev–Trinajstić information content (AvgIpc) is 3.34. The second-order valence-electron chi connectivity index (χ2n) is 8.59. The summed E-state index contributed by atoms with van der Waals surface area (Å²) < 4.78 is 1.93. The largest absolute Gasteiger partial charge is 0.333 e. The Morgan fingerprint density at radius 3 is 2.53 bits per heavy atom. The number of imidazole rings is 1. The second kappa shape index (κ2) is 8.26. The topological polar surface area (TPSA) is 113 Å². The molecule has 0 bridgehead atoms. The van der Waals surface area contributed by atoms with E-state index in [-0.39, 0.29) is 24.1 Å². The number of hydrogen-bond donors (Lipinski definition) is 2. The average molecular weight is 457 g/mol. The van der Waals surface area contributed by atoms with Crippen molar-refractivity contribution in [1.82, 2.24) is 19.8 Å². The summed E-state index contributed by atoms with van der Waals surface area (Å²) in [4.78, 5) is 54.2. The summed E-state index contributed by atoms with van der Waals surface area (Å²) in [5.74, 6) is -0.277. The van der Waals surface area contributed by atoms with Crippen LogP contribution in [-0.2, 0) is 28.0 Å². The molecule has 5 rings (SSSR count). The summed E-state index contributed by atoms with van der Waals surface area (Å²) in [6.07, 6.45) is 2.49. The smallest absolute Gasteiger partial charge is 0.255 e. The van der Waals surface area contributed by atoms with E-state index in [0.717, 1.165) is 33.9 Å². The fourth-order valence-corrected chi connectivity index (χ4v) is 4.51. The van der Waals surface area contributed by atoms with Gasteiger partial charge < -0.3 is 14.8 Å². The SMILES string of the molecule is CC(=O)Nc1ccc(-c2nc(-c3ccc4c(c3)CN(C3CCC(=O)NC3=O)C4=O)cn2C)cc1. The van der Waals surface area contributed by atoms with Gasteiger partial charge in [0.1, 0.15) is 11.9 Å². The summed E-state index contributed by atoms with van der Waals surface area (Å²) in [6.45, 7) is 1.78. The summed E-state index contributed by atoms with van der Waals surface area (Å²) in [5.41, 5.74) is 4.65. The van der Waals surface area contributed by atoms with E-state index in [1.54, 1.807) is 6.07 Å². The van der Waals surface area contributed by atoms with Crippen LogP contribution in [-0.4, -0.2) is 44.1 Å². The zero-order valence-corrected chi connectivity index (χ0v) is 18.8. The Morgan fingerprint density at radius 2 is 1.82 bits per heavy atom. The maximum absolute atomic E-state index is 12.9. The second-order valence-corrected chi connectivity index (χ2v) is 8.59. The number of benzene rings is 2. The molecule has 34 heavy (non-hydrogen) atoms. The number of piperidine rings is 1. The van der Waals surface area contributed by atoms with Crippen LogP contribution in [0.4, 0.5) is 5.69 Å². The van der Waals surface area contributed by atoms with E-state index in [2.05, 4.69) is 10.6 Å². The van der Waals surface area contributed by atoms with Gasteiger partial charge in [-0.2, -0.15) is 0 Å². The predicted molar refractivity (Wildman–Crippen MR) is 124 cm³/mol. The van der Waals surface area contributed by atoms with E-state index >= 15 is 0 Å². The van der Waals surface area contributed by atoms with Crippen LogP contribution in [0, 0.1) is 0 Å². The minimum absolute atomic E-state index is 0.127. The lowest BCUT2D eigenvalue weighted by Gasteiger charge is -2.29. The number of nitrogens with zero attached hydrogens (tertiary/aromatic N) is 3. The molecule has 9 heteroatoms. The molecule has 0 spiro atoms. The third kappa shape index (κ3) is 3.85. The van der Waals surface area contributed by atoms with Crippen LogP contribution in [0.2, 0.25) is 0 Å². The van der Waals surface area contributed by atoms with E-state index in [1.165, 1.54) is 11.8 Å². The van der Waals surface area contributed by atoms with E-state index in [9.17, 15) is 19.2 Å². The molecule has 0 aliphatic carbocycles. The van der Waals surface area contributed by atoms with Gasteiger partial charge in [0.2, 0.25) is 17.7 Å². The molecule has 2 aliphatic rings. The van der Waals surface area contributed by atoms with Crippen molar-refractivity contribution in [2.45, 2.75) is 32.4 Å². The van der Waals surface area contributed by atoms with Crippen molar-refractivity contribution < 1.29 is 19.2 Å². The van der Waals surface area contributed by atoms with Crippen LogP contribution in [0.25, 0.3) is 22.6 Å². The van der Waals surface area contributed by atoms with E-state index < -0.39 is 11.9 Å². The molecule has 0 radical (unpaired) electrons. The first kappa shape index (κ1) is 21.6. The number of rotatable bonds is 4. The summed E-state index contributed by atoms with van der Waals surface area (Å²) >= 11 is 0. The summed E-state index contributed by atoms with van der Waals surface area (Å²) in [7, 11) is 1.91. The van der Waals surface area contributed by atoms with Crippen LogP contribution >= 0.6 is 0 Å². The number of nitrogens with one attached hydrogen (secondary N) is 2. The number of aromatic nitrogens is 2. The Hall–Kier alpha value is -4.27. The lowest BCUT2D eigenvalue weighted by molar-refractivity contribution is -0.137. The van der Waals surface area contributed by atoms with Crippen molar-refractivity contribution in [3.8, 4) is 22.6 Å². The monoisotopic (exact) mass is 457 g/mol. The van der Waals surface area contributed by atoms with E-state index in [1.807, 2.05) is 54.2 Å². The molecule has 2 N–H and O–H groups in total. The normalized spacial score (nSPS) is 17.5. The van der Waals surface area contributed by atoms with Gasteiger partial charge in [-0.25, -0.2) is 4.98 Å². The third-order valence-corrected chi connectivity index (χ3v) is 6.16. The molecular weight excluding hydrogens is 434 g/mol. The van der Waals surface area contributed by atoms with Crippen LogP contribution in [0.1, 0.15) is 35.7 Å². The number of imide groups is 1. The van der Waals surface area contributed by atoms with Crippen molar-refractivity contribution in [1.29, 1.82) is 0 Å². The number of fused-ring (bicyclic) bond motifs is 1. The zero-order valence-electron chi connectivity index (χ0n) is 18.8. The van der Waals surface area contributed by atoms with Crippen molar-refractivity contribution in [2.24, 2.45) is 7.05 Å². The number of carbonyl (C=O) groups excluding carboxylic acids is 4. The Labute approximate surface area is 195 Å². The van der Waals surface area contributed by atoms with Gasteiger partial charge in [-0.05, 0) is 48.4 Å². The van der Waals surface area contributed by atoms with Gasteiger partial charge in [-0.15, -0.1) is 0 Å². The zero-order chi connectivity index (χ0) is 24.0. The number of anilines is 1. The first-order valence-corrected chi connectivity index (χ1v) is 11.0. The highest BCUT2D eigenvalue weighted by molar-refractivity contribution is 6.05. The molecule has 3 aromatic rings. The fourth-order valence-electron chi connectivity index (χ4n) is 4.51. The molecule has 172 valence electrons. The molecule has 9 nitrogen and oxygen atoms in total. The Morgan fingerprint density at radius 1 is 1.09 bits per heavy atom. The lowest BCUT2D eigenvalue weighted by atomic mass is 10.0. The molecule has 1 fully saturated rings. The molecule has 3 heterocycles. The Bertz CT molecular complexity index is 1340. The van der Waals surface area contributed by atoms with Crippen LogP contribution in [0.5, 0.6) is 0 Å². The highest BCUT2D eigenvalue weighted by Gasteiger charge is 2.39. The number of hydrogen-bond acceptors (Lipinski definition) is 5. The number of aryl methyl sites for hydroxylation is 1. The fraction of sp³-hybridized carbons (Fsp3) is 0.240. The highest BCUT2D eigenvalue weighted by atomic mass is 16.2. The highest BCUT2D eigenvalue weighted by Crippen LogP contribution is 2.32. The van der Waals surface area contributed by atoms with Crippen molar-refractivity contribution >= 4 is 29.3 Å². The molecule has 0 saturated carbocycles. The molecule has 1 atom stereocenters. The number of carbonyl (C=O) groups is 4. The van der Waals surface area contributed by atoms with Gasteiger partial charge in [0.05, 0.1) is 5.69 Å². The maximum atomic E-state index is 12.9. The van der Waals surface area contributed by atoms with Gasteiger partial charge in [0, 0.05) is 55.5 Å². The number of amides is 4.